The van der Waals surface area contributed by atoms with Crippen LogP contribution < -0.4 is 16.0 Å². The van der Waals surface area contributed by atoms with Gasteiger partial charge in [0.25, 0.3) is 0 Å². The van der Waals surface area contributed by atoms with Gasteiger partial charge in [0.15, 0.2) is 0 Å². The van der Waals surface area contributed by atoms with Crippen molar-refractivity contribution < 1.29 is 14.4 Å². The molecule has 1 aromatic rings. The van der Waals surface area contributed by atoms with Crippen LogP contribution in [0.4, 0.5) is 0 Å². The van der Waals surface area contributed by atoms with Gasteiger partial charge < -0.3 is 20.9 Å². The number of nitrogens with zero attached hydrogens (tertiary/aromatic N) is 1. The molecule has 7 nitrogen and oxygen atoms in total. The minimum Gasteiger partial charge on any atom is -0.350 e. The van der Waals surface area contributed by atoms with E-state index in [2.05, 4.69) is 16.0 Å². The van der Waals surface area contributed by atoms with Crippen LogP contribution in [-0.2, 0) is 20.9 Å². The van der Waals surface area contributed by atoms with Crippen molar-refractivity contribution in [1.82, 2.24) is 20.9 Å². The fourth-order valence-electron chi connectivity index (χ4n) is 3.63. The SMILES string of the molecule is CCCN[C@@H](C)C(=O)N[C@H](C(=O)N1CCC[C@H]1C(=O)NCc1ccccc1)C(C)C. The van der Waals surface area contributed by atoms with Crippen molar-refractivity contribution in [2.45, 2.75) is 71.6 Å². The molecule has 30 heavy (non-hydrogen) atoms. The Morgan fingerprint density at radius 1 is 1.13 bits per heavy atom. The van der Waals surface area contributed by atoms with E-state index in [1.54, 1.807) is 11.8 Å². The Balaban J connectivity index is 2.00. The van der Waals surface area contributed by atoms with Crippen molar-refractivity contribution in [1.29, 1.82) is 0 Å². The van der Waals surface area contributed by atoms with E-state index in [0.717, 1.165) is 24.9 Å². The van der Waals surface area contributed by atoms with E-state index in [1.807, 2.05) is 51.1 Å². The van der Waals surface area contributed by atoms with Gasteiger partial charge in [-0.05, 0) is 44.2 Å². The van der Waals surface area contributed by atoms with Gasteiger partial charge in [-0.2, -0.15) is 0 Å². The van der Waals surface area contributed by atoms with Gasteiger partial charge in [0.1, 0.15) is 12.1 Å². The third kappa shape index (κ3) is 6.55. The minimum atomic E-state index is -0.647. The minimum absolute atomic E-state index is 0.0755. The predicted molar refractivity (Wildman–Crippen MR) is 118 cm³/mol. The third-order valence-electron chi connectivity index (χ3n) is 5.47. The Morgan fingerprint density at radius 3 is 2.47 bits per heavy atom. The molecule has 0 aliphatic carbocycles. The number of carbonyl (C=O) groups is 3. The van der Waals surface area contributed by atoms with E-state index in [1.165, 1.54) is 0 Å². The van der Waals surface area contributed by atoms with Crippen LogP contribution in [0.2, 0.25) is 0 Å². The normalized spacial score (nSPS) is 18.2. The maximum atomic E-state index is 13.3. The van der Waals surface area contributed by atoms with E-state index in [9.17, 15) is 14.4 Å². The maximum Gasteiger partial charge on any atom is 0.246 e. The summed E-state index contributed by atoms with van der Waals surface area (Å²) >= 11 is 0. The van der Waals surface area contributed by atoms with Crippen LogP contribution in [-0.4, -0.2) is 53.8 Å². The first-order valence-corrected chi connectivity index (χ1v) is 11.0. The zero-order valence-corrected chi connectivity index (χ0v) is 18.6. The second kappa shape index (κ2) is 11.7. The number of amides is 3. The van der Waals surface area contributed by atoms with Crippen LogP contribution in [0.25, 0.3) is 0 Å². The van der Waals surface area contributed by atoms with Gasteiger partial charge in [-0.3, -0.25) is 14.4 Å². The van der Waals surface area contributed by atoms with Gasteiger partial charge in [-0.1, -0.05) is 51.1 Å². The summed E-state index contributed by atoms with van der Waals surface area (Å²) in [5.74, 6) is -0.594. The van der Waals surface area contributed by atoms with Gasteiger partial charge in [-0.25, -0.2) is 0 Å². The first-order chi connectivity index (χ1) is 14.3. The number of rotatable bonds is 10. The molecule has 166 valence electrons. The molecule has 1 heterocycles. The average molecular weight is 417 g/mol. The molecular formula is C23H36N4O3. The van der Waals surface area contributed by atoms with E-state index in [0.29, 0.717) is 19.5 Å². The summed E-state index contributed by atoms with van der Waals surface area (Å²) in [5.41, 5.74) is 1.02. The molecule has 0 radical (unpaired) electrons. The lowest BCUT2D eigenvalue weighted by molar-refractivity contribution is -0.142. The van der Waals surface area contributed by atoms with Crippen molar-refractivity contribution in [2.24, 2.45) is 5.92 Å². The molecule has 2 rings (SSSR count). The lowest BCUT2D eigenvalue weighted by Crippen LogP contribution is -2.57. The molecule has 0 spiro atoms. The summed E-state index contributed by atoms with van der Waals surface area (Å²) in [5, 5.41) is 8.98. The largest absolute Gasteiger partial charge is 0.350 e. The molecule has 1 aromatic carbocycles. The van der Waals surface area contributed by atoms with Crippen LogP contribution in [0.5, 0.6) is 0 Å². The molecule has 1 saturated heterocycles. The predicted octanol–water partition coefficient (Wildman–Crippen LogP) is 1.82. The molecule has 3 amide bonds. The van der Waals surface area contributed by atoms with Gasteiger partial charge in [0.05, 0.1) is 6.04 Å². The van der Waals surface area contributed by atoms with E-state index in [4.69, 9.17) is 0 Å². The molecule has 0 aromatic heterocycles. The van der Waals surface area contributed by atoms with Crippen LogP contribution in [0.1, 0.15) is 52.5 Å². The molecule has 0 saturated carbocycles. The number of likely N-dealkylation sites (tertiary alicyclic amines) is 1. The summed E-state index contributed by atoms with van der Waals surface area (Å²) in [4.78, 5) is 40.2. The molecule has 3 atom stereocenters. The zero-order chi connectivity index (χ0) is 22.1. The van der Waals surface area contributed by atoms with Crippen LogP contribution in [0.15, 0.2) is 30.3 Å². The summed E-state index contributed by atoms with van der Waals surface area (Å²) in [6, 6.07) is 8.19. The van der Waals surface area contributed by atoms with Crippen LogP contribution >= 0.6 is 0 Å². The molecule has 0 unspecified atom stereocenters. The average Bonchev–Trinajstić information content (AvgIpc) is 3.24. The monoisotopic (exact) mass is 416 g/mol. The first kappa shape index (κ1) is 23.9. The fraction of sp³-hybridized carbons (Fsp3) is 0.609. The highest BCUT2D eigenvalue weighted by Crippen LogP contribution is 2.20. The first-order valence-electron chi connectivity index (χ1n) is 11.0. The van der Waals surface area contributed by atoms with E-state index < -0.39 is 12.1 Å². The number of benzene rings is 1. The van der Waals surface area contributed by atoms with Crippen LogP contribution in [0, 0.1) is 5.92 Å². The number of hydrogen-bond acceptors (Lipinski definition) is 4. The second-order valence-electron chi connectivity index (χ2n) is 8.30. The van der Waals surface area contributed by atoms with Crippen molar-refractivity contribution in [3.63, 3.8) is 0 Å². The van der Waals surface area contributed by atoms with Gasteiger partial charge in [0, 0.05) is 13.1 Å². The Morgan fingerprint density at radius 2 is 1.83 bits per heavy atom. The lowest BCUT2D eigenvalue weighted by Gasteiger charge is -2.31. The van der Waals surface area contributed by atoms with Gasteiger partial charge in [-0.15, -0.1) is 0 Å². The Bertz CT molecular complexity index is 708. The molecule has 7 heteroatoms. The molecular weight excluding hydrogens is 380 g/mol. The third-order valence-corrected chi connectivity index (χ3v) is 5.47. The fourth-order valence-corrected chi connectivity index (χ4v) is 3.63. The van der Waals surface area contributed by atoms with Crippen molar-refractivity contribution in [3.05, 3.63) is 35.9 Å². The quantitative estimate of drug-likeness (QED) is 0.543. The second-order valence-corrected chi connectivity index (χ2v) is 8.30. The molecule has 0 bridgehead atoms. The Hall–Kier alpha value is -2.41. The lowest BCUT2D eigenvalue weighted by atomic mass is 10.0. The smallest absolute Gasteiger partial charge is 0.246 e. The highest BCUT2D eigenvalue weighted by molar-refractivity contribution is 5.93. The van der Waals surface area contributed by atoms with Crippen molar-refractivity contribution in [3.8, 4) is 0 Å². The summed E-state index contributed by atoms with van der Waals surface area (Å²) < 4.78 is 0. The van der Waals surface area contributed by atoms with E-state index >= 15 is 0 Å². The van der Waals surface area contributed by atoms with Crippen LogP contribution in [0.3, 0.4) is 0 Å². The highest BCUT2D eigenvalue weighted by Gasteiger charge is 2.38. The molecule has 1 aliphatic rings. The van der Waals surface area contributed by atoms with Gasteiger partial charge in [0.2, 0.25) is 17.7 Å². The molecule has 1 aliphatic heterocycles. The van der Waals surface area contributed by atoms with E-state index in [-0.39, 0.29) is 29.7 Å². The maximum absolute atomic E-state index is 13.3. The molecule has 3 N–H and O–H groups in total. The highest BCUT2D eigenvalue weighted by atomic mass is 16.2. The number of nitrogens with one attached hydrogen (secondary N) is 3. The summed E-state index contributed by atoms with van der Waals surface area (Å²) in [6.07, 6.45) is 2.35. The number of hydrogen-bond donors (Lipinski definition) is 3. The number of carbonyl (C=O) groups excluding carboxylic acids is 3. The Labute approximate surface area is 180 Å². The summed E-state index contributed by atoms with van der Waals surface area (Å²) in [7, 11) is 0. The topological polar surface area (TPSA) is 90.5 Å². The standard InChI is InChI=1S/C23H36N4O3/c1-5-13-24-17(4)21(28)26-20(16(2)3)23(30)27-14-9-12-19(27)22(29)25-15-18-10-7-6-8-11-18/h6-8,10-11,16-17,19-20,24H,5,9,12-15H2,1-4H3,(H,25,29)(H,26,28)/t17-,19-,20-/m0/s1. The Kier molecular flexibility index (Phi) is 9.30. The van der Waals surface area contributed by atoms with Crippen molar-refractivity contribution >= 4 is 17.7 Å². The zero-order valence-electron chi connectivity index (χ0n) is 18.6. The summed E-state index contributed by atoms with van der Waals surface area (Å²) in [6.45, 7) is 9.36. The van der Waals surface area contributed by atoms with Gasteiger partial charge >= 0.3 is 0 Å². The van der Waals surface area contributed by atoms with Crippen molar-refractivity contribution in [2.75, 3.05) is 13.1 Å². The molecule has 1 fully saturated rings.